The minimum absolute atomic E-state index is 0.0268. The Morgan fingerprint density at radius 1 is 1.11 bits per heavy atom. The third kappa shape index (κ3) is 3.87. The Kier molecular flexibility index (Phi) is 5.30. The van der Waals surface area contributed by atoms with E-state index in [1.54, 1.807) is 17.0 Å². The van der Waals surface area contributed by atoms with Crippen LogP contribution in [0.25, 0.3) is 11.4 Å². The molecule has 1 aliphatic carbocycles. The third-order valence-corrected chi connectivity index (χ3v) is 5.56. The molecule has 1 saturated heterocycles. The van der Waals surface area contributed by atoms with Crippen molar-refractivity contribution in [1.82, 2.24) is 30.0 Å². The average Bonchev–Trinajstić information content (AvgIpc) is 3.47. The summed E-state index contributed by atoms with van der Waals surface area (Å²) < 4.78 is 0. The second-order valence-corrected chi connectivity index (χ2v) is 7.73. The van der Waals surface area contributed by atoms with Crippen LogP contribution >= 0.6 is 11.6 Å². The van der Waals surface area contributed by atoms with Gasteiger partial charge in [-0.15, -0.1) is 10.2 Å². The van der Waals surface area contributed by atoms with Crippen LogP contribution in [0.15, 0.2) is 24.3 Å². The summed E-state index contributed by atoms with van der Waals surface area (Å²) in [6.07, 6.45) is 2.57. The van der Waals surface area contributed by atoms with Gasteiger partial charge in [-0.05, 0) is 48.7 Å². The highest BCUT2D eigenvalue weighted by Gasteiger charge is 2.36. The standard InChI is InChI=1S/C19H23ClN6O2/c1-2-16(26-22-17(21-23-26)13-5-7-15(20)8-6-13)19(28)25-11-9-24(10-12-25)18(27)14-3-4-14/h5-8,14,16H,2-4,9-12H2,1H3/t16-/m0/s1. The number of hydrogen-bond donors (Lipinski definition) is 0. The first-order valence-corrected chi connectivity index (χ1v) is 10.1. The number of benzene rings is 1. The lowest BCUT2D eigenvalue weighted by Gasteiger charge is -2.36. The molecule has 4 rings (SSSR count). The van der Waals surface area contributed by atoms with Crippen molar-refractivity contribution in [3.05, 3.63) is 29.3 Å². The van der Waals surface area contributed by atoms with E-state index in [1.807, 2.05) is 24.0 Å². The van der Waals surface area contributed by atoms with Crippen LogP contribution in [0.4, 0.5) is 0 Å². The molecule has 0 bridgehead atoms. The van der Waals surface area contributed by atoms with Crippen LogP contribution < -0.4 is 0 Å². The van der Waals surface area contributed by atoms with Crippen molar-refractivity contribution in [2.24, 2.45) is 5.92 Å². The predicted molar refractivity (Wildman–Crippen MR) is 103 cm³/mol. The van der Waals surface area contributed by atoms with Gasteiger partial charge in [0.25, 0.3) is 0 Å². The Hall–Kier alpha value is -2.48. The van der Waals surface area contributed by atoms with Gasteiger partial charge in [-0.25, -0.2) is 0 Å². The summed E-state index contributed by atoms with van der Waals surface area (Å²) in [6.45, 7) is 4.22. The number of carbonyl (C=O) groups excluding carboxylic acids is 2. The van der Waals surface area contributed by atoms with Crippen molar-refractivity contribution >= 4 is 23.4 Å². The number of aromatic nitrogens is 4. The van der Waals surface area contributed by atoms with E-state index in [4.69, 9.17) is 11.6 Å². The summed E-state index contributed by atoms with van der Waals surface area (Å²) in [5.41, 5.74) is 0.796. The Morgan fingerprint density at radius 3 is 2.36 bits per heavy atom. The number of rotatable bonds is 5. The Morgan fingerprint density at radius 2 is 1.75 bits per heavy atom. The van der Waals surface area contributed by atoms with E-state index in [1.165, 1.54) is 4.80 Å². The molecule has 2 heterocycles. The summed E-state index contributed by atoms with van der Waals surface area (Å²) in [5.74, 6) is 0.893. The van der Waals surface area contributed by atoms with E-state index >= 15 is 0 Å². The molecule has 1 aliphatic heterocycles. The maximum absolute atomic E-state index is 13.0. The molecular formula is C19H23ClN6O2. The molecule has 0 radical (unpaired) electrons. The summed E-state index contributed by atoms with van der Waals surface area (Å²) in [4.78, 5) is 30.3. The molecule has 2 amide bonds. The van der Waals surface area contributed by atoms with Crippen LogP contribution in [-0.4, -0.2) is 68.0 Å². The Balaban J connectivity index is 1.41. The van der Waals surface area contributed by atoms with Crippen LogP contribution in [0.1, 0.15) is 32.2 Å². The fourth-order valence-electron chi connectivity index (χ4n) is 3.45. The van der Waals surface area contributed by atoms with Crippen LogP contribution in [0, 0.1) is 5.92 Å². The molecule has 0 N–H and O–H groups in total. The molecule has 9 heteroatoms. The monoisotopic (exact) mass is 402 g/mol. The van der Waals surface area contributed by atoms with E-state index in [0.29, 0.717) is 43.4 Å². The first-order valence-electron chi connectivity index (χ1n) is 9.70. The van der Waals surface area contributed by atoms with Crippen molar-refractivity contribution in [3.63, 3.8) is 0 Å². The van der Waals surface area contributed by atoms with E-state index in [2.05, 4.69) is 15.4 Å². The summed E-state index contributed by atoms with van der Waals surface area (Å²) in [6, 6.07) is 6.68. The number of tetrazole rings is 1. The Labute approximate surface area is 168 Å². The van der Waals surface area contributed by atoms with Gasteiger partial charge in [0.05, 0.1) is 0 Å². The molecule has 2 aromatic rings. The summed E-state index contributed by atoms with van der Waals surface area (Å²) in [7, 11) is 0. The largest absolute Gasteiger partial charge is 0.339 e. The first kappa shape index (κ1) is 18.9. The normalized spacial score (nSPS) is 18.2. The zero-order valence-electron chi connectivity index (χ0n) is 15.8. The second kappa shape index (κ2) is 7.87. The van der Waals surface area contributed by atoms with Gasteiger partial charge in [-0.3, -0.25) is 9.59 Å². The summed E-state index contributed by atoms with van der Waals surface area (Å²) >= 11 is 5.92. The topological polar surface area (TPSA) is 84.2 Å². The van der Waals surface area contributed by atoms with Crippen molar-refractivity contribution < 1.29 is 9.59 Å². The van der Waals surface area contributed by atoms with Crippen molar-refractivity contribution in [2.75, 3.05) is 26.2 Å². The van der Waals surface area contributed by atoms with E-state index < -0.39 is 6.04 Å². The van der Waals surface area contributed by atoms with Crippen LogP contribution in [-0.2, 0) is 9.59 Å². The minimum Gasteiger partial charge on any atom is -0.339 e. The van der Waals surface area contributed by atoms with Gasteiger partial charge >= 0.3 is 0 Å². The lowest BCUT2D eigenvalue weighted by molar-refractivity contribution is -0.142. The van der Waals surface area contributed by atoms with Gasteiger partial charge < -0.3 is 9.80 Å². The van der Waals surface area contributed by atoms with Crippen molar-refractivity contribution in [1.29, 1.82) is 0 Å². The SMILES string of the molecule is CC[C@@H](C(=O)N1CCN(C(=O)C2CC2)CC1)n1nnc(-c2ccc(Cl)cc2)n1. The maximum Gasteiger partial charge on any atom is 0.249 e. The molecule has 0 unspecified atom stereocenters. The molecule has 28 heavy (non-hydrogen) atoms. The molecule has 1 aromatic heterocycles. The fourth-order valence-corrected chi connectivity index (χ4v) is 3.58. The quantitative estimate of drug-likeness (QED) is 0.764. The summed E-state index contributed by atoms with van der Waals surface area (Å²) in [5, 5.41) is 13.2. The smallest absolute Gasteiger partial charge is 0.249 e. The van der Waals surface area contributed by atoms with Gasteiger partial charge in [0.15, 0.2) is 6.04 Å². The molecule has 0 spiro atoms. The average molecular weight is 403 g/mol. The van der Waals surface area contributed by atoms with Gasteiger partial charge in [0.2, 0.25) is 17.6 Å². The fraction of sp³-hybridized carbons (Fsp3) is 0.526. The predicted octanol–water partition coefficient (Wildman–Crippen LogP) is 2.03. The van der Waals surface area contributed by atoms with E-state index in [-0.39, 0.29) is 17.7 Å². The van der Waals surface area contributed by atoms with Gasteiger partial charge in [0.1, 0.15) is 0 Å². The molecule has 1 saturated carbocycles. The lowest BCUT2D eigenvalue weighted by Crippen LogP contribution is -2.52. The van der Waals surface area contributed by atoms with Gasteiger partial charge in [-0.2, -0.15) is 4.80 Å². The molecule has 1 aromatic carbocycles. The van der Waals surface area contributed by atoms with Crippen molar-refractivity contribution in [3.8, 4) is 11.4 Å². The van der Waals surface area contributed by atoms with Crippen molar-refractivity contribution in [2.45, 2.75) is 32.2 Å². The molecule has 2 fully saturated rings. The minimum atomic E-state index is -0.501. The highest BCUT2D eigenvalue weighted by molar-refractivity contribution is 6.30. The van der Waals surface area contributed by atoms with Gasteiger partial charge in [-0.1, -0.05) is 18.5 Å². The molecule has 148 valence electrons. The maximum atomic E-state index is 13.0. The highest BCUT2D eigenvalue weighted by atomic mass is 35.5. The highest BCUT2D eigenvalue weighted by Crippen LogP contribution is 2.31. The van der Waals surface area contributed by atoms with Crippen LogP contribution in [0.2, 0.25) is 5.02 Å². The van der Waals surface area contributed by atoms with Crippen LogP contribution in [0.5, 0.6) is 0 Å². The zero-order valence-corrected chi connectivity index (χ0v) is 16.5. The van der Waals surface area contributed by atoms with E-state index in [0.717, 1.165) is 18.4 Å². The number of amides is 2. The Bertz CT molecular complexity index is 856. The number of nitrogens with zero attached hydrogens (tertiary/aromatic N) is 6. The number of hydrogen-bond acceptors (Lipinski definition) is 5. The lowest BCUT2D eigenvalue weighted by atomic mass is 10.2. The molecule has 1 atom stereocenters. The van der Waals surface area contributed by atoms with E-state index in [9.17, 15) is 9.59 Å². The third-order valence-electron chi connectivity index (χ3n) is 5.31. The zero-order chi connectivity index (χ0) is 19.7. The second-order valence-electron chi connectivity index (χ2n) is 7.29. The number of piperazine rings is 1. The first-order chi connectivity index (χ1) is 13.6. The molecule has 8 nitrogen and oxygen atoms in total. The van der Waals surface area contributed by atoms with Crippen LogP contribution in [0.3, 0.4) is 0 Å². The molecule has 2 aliphatic rings. The number of carbonyl (C=O) groups is 2. The number of halogens is 1. The van der Waals surface area contributed by atoms with Gasteiger partial charge in [0, 0.05) is 42.7 Å². The molecular weight excluding hydrogens is 380 g/mol.